The Balaban J connectivity index is 2.16. The van der Waals surface area contributed by atoms with Crippen LogP contribution in [0.1, 0.15) is 74.6 Å². The molecule has 0 aliphatic heterocycles. The van der Waals surface area contributed by atoms with Gasteiger partial charge in [-0.05, 0) is 31.0 Å². The second-order valence-corrected chi connectivity index (χ2v) is 8.59. The Bertz CT molecular complexity index is 681. The van der Waals surface area contributed by atoms with Gasteiger partial charge in [0.25, 0.3) is 0 Å². The highest BCUT2D eigenvalue weighted by Gasteiger charge is 2.15. The molecule has 1 rings (SSSR count). The topological polar surface area (TPSA) is 109 Å². The third-order valence-electron chi connectivity index (χ3n) is 4.24. The molecule has 0 fully saturated rings. The molecule has 1 aromatic rings. The third-order valence-corrected chi connectivity index (χ3v) is 6.04. The maximum absolute atomic E-state index is 12.3. The van der Waals surface area contributed by atoms with Crippen molar-refractivity contribution in [3.05, 3.63) is 29.8 Å². The Morgan fingerprint density at radius 3 is 1.88 bits per heavy atom. The number of sulfone groups is 1. The van der Waals surface area contributed by atoms with Gasteiger partial charge in [0.2, 0.25) is 0 Å². The Kier molecular flexibility index (Phi) is 9.95. The molecule has 26 heavy (non-hydrogen) atoms. The average molecular weight is 384 g/mol. The van der Waals surface area contributed by atoms with Gasteiger partial charge in [-0.1, -0.05) is 51.0 Å². The van der Waals surface area contributed by atoms with E-state index in [1.54, 1.807) is 0 Å². The van der Waals surface area contributed by atoms with Gasteiger partial charge in [-0.2, -0.15) is 0 Å². The first-order chi connectivity index (χ1) is 12.3. The quantitative estimate of drug-likeness (QED) is 0.467. The lowest BCUT2D eigenvalue weighted by Gasteiger charge is -2.06. The summed E-state index contributed by atoms with van der Waals surface area (Å²) in [5, 5.41) is 17.5. The minimum atomic E-state index is -3.44. The second-order valence-electron chi connectivity index (χ2n) is 6.48. The smallest absolute Gasteiger partial charge is 0.335 e. The normalized spacial score (nSPS) is 11.4. The molecule has 0 aliphatic carbocycles. The van der Waals surface area contributed by atoms with Crippen molar-refractivity contribution in [2.75, 3.05) is 5.75 Å². The molecule has 6 nitrogen and oxygen atoms in total. The van der Waals surface area contributed by atoms with Crippen molar-refractivity contribution in [3.8, 4) is 0 Å². The fourth-order valence-corrected chi connectivity index (χ4v) is 4.16. The Morgan fingerprint density at radius 2 is 1.35 bits per heavy atom. The number of hydrogen-bond donors (Lipinski definition) is 2. The van der Waals surface area contributed by atoms with E-state index >= 15 is 0 Å². The van der Waals surface area contributed by atoms with E-state index in [2.05, 4.69) is 0 Å². The summed E-state index contributed by atoms with van der Waals surface area (Å²) in [6.07, 6.45) is 8.55. The Hall–Kier alpha value is -1.89. The predicted octanol–water partition coefficient (Wildman–Crippen LogP) is 4.14. The van der Waals surface area contributed by atoms with Gasteiger partial charge >= 0.3 is 11.9 Å². The summed E-state index contributed by atoms with van der Waals surface area (Å²) in [5.74, 6) is -1.84. The number of aromatic carboxylic acids is 1. The van der Waals surface area contributed by atoms with Crippen LogP contribution >= 0.6 is 0 Å². The summed E-state index contributed by atoms with van der Waals surface area (Å²) in [6, 6.07) is 5.48. The molecule has 0 unspecified atom stereocenters. The van der Waals surface area contributed by atoms with Crippen LogP contribution in [-0.4, -0.2) is 36.3 Å². The molecule has 0 aliphatic rings. The first-order valence-corrected chi connectivity index (χ1v) is 10.8. The fraction of sp³-hybridized carbons (Fsp3) is 0.579. The molecular weight excluding hydrogens is 356 g/mol. The SMILES string of the molecule is O=C(O)CCCCCCCCCCCS(=O)(=O)c1cccc(C(=O)O)c1. The highest BCUT2D eigenvalue weighted by atomic mass is 32.2. The van der Waals surface area contributed by atoms with Crippen LogP contribution in [0.5, 0.6) is 0 Å². The van der Waals surface area contributed by atoms with E-state index in [1.165, 1.54) is 24.3 Å². The maximum atomic E-state index is 12.3. The van der Waals surface area contributed by atoms with E-state index in [0.29, 0.717) is 6.42 Å². The molecule has 0 saturated carbocycles. The number of carbonyl (C=O) groups is 2. The van der Waals surface area contributed by atoms with Crippen LogP contribution in [0.25, 0.3) is 0 Å². The molecule has 0 amide bonds. The van der Waals surface area contributed by atoms with Crippen molar-refractivity contribution >= 4 is 21.8 Å². The second kappa shape index (κ2) is 11.7. The minimum Gasteiger partial charge on any atom is -0.481 e. The molecule has 1 aromatic carbocycles. The number of unbranched alkanes of at least 4 members (excludes halogenated alkanes) is 8. The van der Waals surface area contributed by atoms with Gasteiger partial charge in [0.05, 0.1) is 16.2 Å². The molecule has 7 heteroatoms. The highest BCUT2D eigenvalue weighted by molar-refractivity contribution is 7.91. The predicted molar refractivity (Wildman–Crippen MR) is 99.3 cm³/mol. The molecule has 0 spiro atoms. The van der Waals surface area contributed by atoms with E-state index in [9.17, 15) is 18.0 Å². The van der Waals surface area contributed by atoms with Crippen molar-refractivity contribution in [2.45, 2.75) is 69.1 Å². The van der Waals surface area contributed by atoms with E-state index in [1.807, 2.05) is 0 Å². The van der Waals surface area contributed by atoms with Crippen LogP contribution in [0.4, 0.5) is 0 Å². The molecule has 0 atom stereocenters. The van der Waals surface area contributed by atoms with Crippen molar-refractivity contribution < 1.29 is 28.2 Å². The molecular formula is C19H28O6S. The number of carboxylic acid groups (broad SMARTS) is 2. The summed E-state index contributed by atoms with van der Waals surface area (Å²) in [7, 11) is -3.44. The molecule has 0 heterocycles. The zero-order valence-electron chi connectivity index (χ0n) is 15.0. The zero-order valence-corrected chi connectivity index (χ0v) is 15.8. The third kappa shape index (κ3) is 8.99. The summed E-state index contributed by atoms with van der Waals surface area (Å²) < 4.78 is 24.5. The van der Waals surface area contributed by atoms with Crippen LogP contribution in [0.2, 0.25) is 0 Å². The first kappa shape index (κ1) is 22.2. The van der Waals surface area contributed by atoms with E-state index < -0.39 is 21.8 Å². The van der Waals surface area contributed by atoms with Crippen LogP contribution in [0.15, 0.2) is 29.2 Å². The average Bonchev–Trinajstić information content (AvgIpc) is 2.59. The van der Waals surface area contributed by atoms with E-state index in [-0.39, 0.29) is 22.6 Å². The maximum Gasteiger partial charge on any atom is 0.335 e. The lowest BCUT2D eigenvalue weighted by Crippen LogP contribution is -2.08. The van der Waals surface area contributed by atoms with Crippen LogP contribution < -0.4 is 0 Å². The van der Waals surface area contributed by atoms with Gasteiger partial charge in [0.1, 0.15) is 0 Å². The highest BCUT2D eigenvalue weighted by Crippen LogP contribution is 2.16. The summed E-state index contributed by atoms with van der Waals surface area (Å²) in [5.41, 5.74) is -0.0190. The van der Waals surface area contributed by atoms with Crippen molar-refractivity contribution in [2.24, 2.45) is 0 Å². The van der Waals surface area contributed by atoms with Gasteiger partial charge in [0.15, 0.2) is 9.84 Å². The van der Waals surface area contributed by atoms with Gasteiger partial charge in [-0.15, -0.1) is 0 Å². The summed E-state index contributed by atoms with van der Waals surface area (Å²) >= 11 is 0. The number of benzene rings is 1. The summed E-state index contributed by atoms with van der Waals surface area (Å²) in [6.45, 7) is 0. The van der Waals surface area contributed by atoms with Crippen LogP contribution in [0.3, 0.4) is 0 Å². The van der Waals surface area contributed by atoms with Crippen molar-refractivity contribution in [1.82, 2.24) is 0 Å². The van der Waals surface area contributed by atoms with E-state index in [0.717, 1.165) is 51.4 Å². The fourth-order valence-electron chi connectivity index (χ4n) is 2.75. The molecule has 0 aromatic heterocycles. The minimum absolute atomic E-state index is 0.0190. The monoisotopic (exact) mass is 384 g/mol. The number of rotatable bonds is 14. The number of carboxylic acids is 2. The zero-order chi connectivity index (χ0) is 19.4. The van der Waals surface area contributed by atoms with E-state index in [4.69, 9.17) is 10.2 Å². The van der Waals surface area contributed by atoms with Gasteiger partial charge in [-0.25, -0.2) is 13.2 Å². The van der Waals surface area contributed by atoms with Gasteiger partial charge in [0, 0.05) is 6.42 Å². The largest absolute Gasteiger partial charge is 0.481 e. The Morgan fingerprint density at radius 1 is 0.808 bits per heavy atom. The number of aliphatic carboxylic acids is 1. The molecule has 146 valence electrons. The van der Waals surface area contributed by atoms with Crippen LogP contribution in [0, 0.1) is 0 Å². The van der Waals surface area contributed by atoms with Crippen molar-refractivity contribution in [1.29, 1.82) is 0 Å². The van der Waals surface area contributed by atoms with Crippen LogP contribution in [-0.2, 0) is 14.6 Å². The lowest BCUT2D eigenvalue weighted by molar-refractivity contribution is -0.137. The first-order valence-electron chi connectivity index (χ1n) is 9.11. The lowest BCUT2D eigenvalue weighted by atomic mass is 10.1. The molecule has 0 radical (unpaired) electrons. The Labute approximate surface area is 155 Å². The standard InChI is InChI=1S/C19H28O6S/c20-18(21)13-8-6-4-2-1-3-5-7-9-14-26(24,25)17-12-10-11-16(15-17)19(22)23/h10-12,15H,1-9,13-14H2,(H,20,21)(H,22,23). The summed E-state index contributed by atoms with van der Waals surface area (Å²) in [4.78, 5) is 21.4. The van der Waals surface area contributed by atoms with Crippen molar-refractivity contribution in [3.63, 3.8) is 0 Å². The molecule has 0 bridgehead atoms. The number of hydrogen-bond acceptors (Lipinski definition) is 4. The van der Waals surface area contributed by atoms with Gasteiger partial charge < -0.3 is 10.2 Å². The molecule has 0 saturated heterocycles. The molecule has 2 N–H and O–H groups in total. The van der Waals surface area contributed by atoms with Gasteiger partial charge in [-0.3, -0.25) is 4.79 Å².